The summed E-state index contributed by atoms with van der Waals surface area (Å²) in [5.74, 6) is 0.698. The van der Waals surface area contributed by atoms with Crippen molar-refractivity contribution >= 4 is 17.1 Å². The predicted molar refractivity (Wildman–Crippen MR) is 37.4 cm³/mol. The topological polar surface area (TPSA) is 43.4 Å². The highest BCUT2D eigenvalue weighted by Gasteiger charge is 2.44. The molecule has 0 aliphatic carbocycles. The molecule has 10 heavy (non-hydrogen) atoms. The van der Waals surface area contributed by atoms with E-state index in [1.807, 2.05) is 0 Å². The van der Waals surface area contributed by atoms with Gasteiger partial charge in [0.1, 0.15) is 5.75 Å². The molecule has 2 aliphatic rings. The average molecular weight is 157 g/mol. The van der Waals surface area contributed by atoms with E-state index in [2.05, 4.69) is 0 Å². The lowest BCUT2D eigenvalue weighted by Gasteiger charge is -2.39. The maximum atomic E-state index is 11.1. The molecule has 0 aromatic heterocycles. The van der Waals surface area contributed by atoms with Gasteiger partial charge in [0.25, 0.3) is 0 Å². The Hall–Kier alpha value is -0.480. The number of fused-ring (bicyclic) bond motifs is 1. The van der Waals surface area contributed by atoms with E-state index in [-0.39, 0.29) is 11.3 Å². The molecule has 1 fully saturated rings. The van der Waals surface area contributed by atoms with E-state index >= 15 is 0 Å². The van der Waals surface area contributed by atoms with Crippen molar-refractivity contribution in [3.05, 3.63) is 12.3 Å². The molecular weight excluding hydrogens is 150 g/mol. The van der Waals surface area contributed by atoms with Gasteiger partial charge in [-0.15, -0.1) is 0 Å². The summed E-state index contributed by atoms with van der Waals surface area (Å²) in [6.07, 6.45) is 3.98. The van der Waals surface area contributed by atoms with Crippen molar-refractivity contribution in [1.82, 2.24) is 4.90 Å². The molecule has 2 rings (SSSR count). The molecule has 1 saturated heterocycles. The predicted octanol–water partition coefficient (Wildman–Crippen LogP) is -0.179. The van der Waals surface area contributed by atoms with Gasteiger partial charge in [-0.05, 0) is 17.3 Å². The second-order valence-electron chi connectivity index (χ2n) is 2.39. The van der Waals surface area contributed by atoms with Crippen LogP contribution in [0, 0.1) is 0 Å². The number of carbonyl (C=O) groups excluding carboxylic acids is 1. The third-order valence-electron chi connectivity index (χ3n) is 1.78. The number of carbonyl (C=O) groups is 1. The number of nitrogens with zero attached hydrogens (tertiary/aromatic N) is 1. The zero-order valence-corrected chi connectivity index (χ0v) is 6.13. The zero-order valence-electron chi connectivity index (χ0n) is 5.32. The fraction of sp³-hybridized carbons (Fsp3) is 0.500. The van der Waals surface area contributed by atoms with Gasteiger partial charge in [0.2, 0.25) is 11.3 Å². The minimum absolute atomic E-state index is 0.00231. The van der Waals surface area contributed by atoms with Crippen LogP contribution >= 0.6 is 0 Å². The Morgan fingerprint density at radius 3 is 3.20 bits per heavy atom. The summed E-state index contributed by atoms with van der Waals surface area (Å²) >= 11 is -0.831. The molecule has 0 aromatic rings. The lowest BCUT2D eigenvalue weighted by atomic mass is 10.2. The van der Waals surface area contributed by atoms with E-state index in [0.717, 1.165) is 0 Å². The van der Waals surface area contributed by atoms with Gasteiger partial charge in [-0.2, -0.15) is 0 Å². The molecule has 0 N–H and O–H groups in total. The molecule has 2 heterocycles. The van der Waals surface area contributed by atoms with Gasteiger partial charge >= 0.3 is 0 Å². The van der Waals surface area contributed by atoms with E-state index in [0.29, 0.717) is 12.2 Å². The van der Waals surface area contributed by atoms with Crippen LogP contribution in [0.2, 0.25) is 0 Å². The summed E-state index contributed by atoms with van der Waals surface area (Å²) in [4.78, 5) is 12.3. The Balaban J connectivity index is 2.18. The minimum atomic E-state index is -0.831. The average Bonchev–Trinajstić information content (AvgIpc) is 1.91. The van der Waals surface area contributed by atoms with Crippen molar-refractivity contribution in [1.29, 1.82) is 0 Å². The Bertz CT molecular complexity index is 204. The van der Waals surface area contributed by atoms with E-state index in [4.69, 9.17) is 0 Å². The van der Waals surface area contributed by atoms with E-state index < -0.39 is 11.2 Å². The molecule has 0 aromatic carbocycles. The van der Waals surface area contributed by atoms with Crippen LogP contribution in [0.25, 0.3) is 0 Å². The fourth-order valence-corrected chi connectivity index (χ4v) is 2.43. The summed E-state index contributed by atoms with van der Waals surface area (Å²) in [6.45, 7) is 0. The molecule has 1 amide bonds. The molecule has 0 saturated carbocycles. The second kappa shape index (κ2) is 2.00. The number of hydrogen-bond donors (Lipinski definition) is 0. The van der Waals surface area contributed by atoms with Gasteiger partial charge in [-0.25, -0.2) is 0 Å². The normalized spacial score (nSPS) is 37.3. The molecule has 1 unspecified atom stereocenters. The van der Waals surface area contributed by atoms with Crippen molar-refractivity contribution in [3.8, 4) is 0 Å². The zero-order chi connectivity index (χ0) is 7.14. The number of hydrogen-bond acceptors (Lipinski definition) is 2. The summed E-state index contributed by atoms with van der Waals surface area (Å²) in [7, 11) is 0. The summed E-state index contributed by atoms with van der Waals surface area (Å²) in [5, 5.41) is -0.00231. The van der Waals surface area contributed by atoms with Crippen LogP contribution in [0.15, 0.2) is 12.3 Å². The Morgan fingerprint density at radius 2 is 2.60 bits per heavy atom. The third kappa shape index (κ3) is 0.690. The van der Waals surface area contributed by atoms with E-state index in [1.165, 1.54) is 0 Å². The highest BCUT2D eigenvalue weighted by atomic mass is 32.2. The first-order chi connectivity index (χ1) is 4.79. The largest absolute Gasteiger partial charge is 0.614 e. The molecule has 0 bridgehead atoms. The van der Waals surface area contributed by atoms with Crippen LogP contribution in [0.3, 0.4) is 0 Å². The van der Waals surface area contributed by atoms with E-state index in [9.17, 15) is 9.35 Å². The summed E-state index contributed by atoms with van der Waals surface area (Å²) in [6, 6.07) is 0. The summed E-state index contributed by atoms with van der Waals surface area (Å²) < 4.78 is 11.1. The van der Waals surface area contributed by atoms with Crippen molar-refractivity contribution in [3.63, 3.8) is 0 Å². The molecule has 54 valence electrons. The van der Waals surface area contributed by atoms with Gasteiger partial charge in [0, 0.05) is 6.20 Å². The highest BCUT2D eigenvalue weighted by molar-refractivity contribution is 7.92. The van der Waals surface area contributed by atoms with Gasteiger partial charge in [0.05, 0.1) is 6.42 Å². The Labute approximate surface area is 61.9 Å². The first-order valence-electron chi connectivity index (χ1n) is 3.14. The quantitative estimate of drug-likeness (QED) is 0.361. The molecule has 3 nitrogen and oxygen atoms in total. The third-order valence-corrected chi connectivity index (χ3v) is 3.30. The van der Waals surface area contributed by atoms with Crippen molar-refractivity contribution in [2.75, 3.05) is 5.75 Å². The van der Waals surface area contributed by atoms with Gasteiger partial charge in [0.15, 0.2) is 0 Å². The number of rotatable bonds is 0. The van der Waals surface area contributed by atoms with Crippen LogP contribution < -0.4 is 0 Å². The fourth-order valence-electron chi connectivity index (χ4n) is 1.16. The van der Waals surface area contributed by atoms with Crippen LogP contribution in [0.5, 0.6) is 0 Å². The van der Waals surface area contributed by atoms with Gasteiger partial charge in [-0.3, -0.25) is 9.69 Å². The molecule has 0 spiro atoms. The van der Waals surface area contributed by atoms with Gasteiger partial charge < -0.3 is 4.55 Å². The minimum Gasteiger partial charge on any atom is -0.614 e. The first-order valence-corrected chi connectivity index (χ1v) is 4.52. The van der Waals surface area contributed by atoms with Crippen LogP contribution in [0.1, 0.15) is 6.42 Å². The molecular formula is C6H7NO2S. The molecule has 2 aliphatic heterocycles. The summed E-state index contributed by atoms with van der Waals surface area (Å²) in [5.41, 5.74) is 0. The van der Waals surface area contributed by atoms with Crippen molar-refractivity contribution < 1.29 is 9.35 Å². The smallest absolute Gasteiger partial charge is 0.237 e. The molecule has 4 heteroatoms. The Morgan fingerprint density at radius 1 is 1.80 bits per heavy atom. The highest BCUT2D eigenvalue weighted by Crippen LogP contribution is 2.28. The monoisotopic (exact) mass is 157 g/mol. The second-order valence-corrected chi connectivity index (χ2v) is 4.03. The molecule has 2 atom stereocenters. The van der Waals surface area contributed by atoms with Crippen molar-refractivity contribution in [2.45, 2.75) is 11.8 Å². The van der Waals surface area contributed by atoms with Crippen LogP contribution in [0.4, 0.5) is 0 Å². The van der Waals surface area contributed by atoms with Gasteiger partial charge in [-0.1, -0.05) is 0 Å². The van der Waals surface area contributed by atoms with Crippen LogP contribution in [-0.4, -0.2) is 26.5 Å². The standard InChI is InChI=1S/C6H7NO2S/c8-5-4-6-7(5)2-1-3-10(6)9/h1-2,6H,3-4H2/t6-,10?/m0/s1. The maximum Gasteiger partial charge on any atom is 0.237 e. The first kappa shape index (κ1) is 6.24. The molecule has 0 radical (unpaired) electrons. The van der Waals surface area contributed by atoms with Crippen LogP contribution in [-0.2, 0) is 16.0 Å². The number of amides is 1. The lowest BCUT2D eigenvalue weighted by Crippen LogP contribution is -2.55. The maximum absolute atomic E-state index is 11.1. The van der Waals surface area contributed by atoms with E-state index in [1.54, 1.807) is 17.2 Å². The Kier molecular flexibility index (Phi) is 1.25. The van der Waals surface area contributed by atoms with Crippen molar-refractivity contribution in [2.24, 2.45) is 0 Å². The SMILES string of the molecule is O=C1C[C@H]2N1C=CC[S+]2[O-]. The lowest BCUT2D eigenvalue weighted by molar-refractivity contribution is -0.137. The number of β-lactam (4-membered cyclic amide) rings is 1.